The van der Waals surface area contributed by atoms with Crippen molar-refractivity contribution in [1.82, 2.24) is 0 Å². The molecule has 0 bridgehead atoms. The van der Waals surface area contributed by atoms with Crippen molar-refractivity contribution >= 4 is 14.2 Å². The SMILES string of the molecule is CCC(N(C)c1ccccc1)[Si](C)(OC)OC. The zero-order valence-electron chi connectivity index (χ0n) is 11.4. The molecule has 1 aromatic rings. The molecule has 3 nitrogen and oxygen atoms in total. The van der Waals surface area contributed by atoms with Gasteiger partial charge in [0, 0.05) is 27.0 Å². The van der Waals surface area contributed by atoms with Crippen LogP contribution in [0.3, 0.4) is 0 Å². The number of hydrogen-bond donors (Lipinski definition) is 0. The van der Waals surface area contributed by atoms with Crippen LogP contribution in [-0.2, 0) is 8.85 Å². The number of nitrogens with zero attached hydrogens (tertiary/aromatic N) is 1. The number of para-hydroxylation sites is 1. The van der Waals surface area contributed by atoms with E-state index in [9.17, 15) is 0 Å². The Bertz CT molecular complexity index is 327. The van der Waals surface area contributed by atoms with E-state index in [4.69, 9.17) is 8.85 Å². The maximum atomic E-state index is 5.66. The van der Waals surface area contributed by atoms with Gasteiger partial charge >= 0.3 is 8.56 Å². The lowest BCUT2D eigenvalue weighted by Crippen LogP contribution is -2.56. The molecular weight excluding hydrogens is 230 g/mol. The summed E-state index contributed by atoms with van der Waals surface area (Å²) in [6, 6.07) is 10.4. The van der Waals surface area contributed by atoms with E-state index in [1.807, 2.05) is 6.07 Å². The van der Waals surface area contributed by atoms with Crippen LogP contribution in [0.5, 0.6) is 0 Å². The van der Waals surface area contributed by atoms with Crippen LogP contribution < -0.4 is 4.90 Å². The van der Waals surface area contributed by atoms with Gasteiger partial charge in [-0.2, -0.15) is 0 Å². The van der Waals surface area contributed by atoms with Crippen molar-refractivity contribution < 1.29 is 8.85 Å². The Morgan fingerprint density at radius 1 is 1.18 bits per heavy atom. The Balaban J connectivity index is 2.95. The van der Waals surface area contributed by atoms with Crippen LogP contribution in [0, 0.1) is 0 Å². The summed E-state index contributed by atoms with van der Waals surface area (Å²) in [5, 5.41) is 0. The van der Waals surface area contributed by atoms with Gasteiger partial charge in [-0.3, -0.25) is 0 Å². The van der Waals surface area contributed by atoms with E-state index in [2.05, 4.69) is 49.7 Å². The fourth-order valence-corrected chi connectivity index (χ4v) is 4.50. The van der Waals surface area contributed by atoms with Crippen LogP contribution in [-0.4, -0.2) is 35.5 Å². The molecule has 96 valence electrons. The van der Waals surface area contributed by atoms with Crippen molar-refractivity contribution in [2.24, 2.45) is 0 Å². The second-order valence-corrected chi connectivity index (χ2v) is 7.81. The van der Waals surface area contributed by atoms with E-state index in [-0.39, 0.29) is 0 Å². The highest BCUT2D eigenvalue weighted by atomic mass is 28.4. The molecule has 0 amide bonds. The smallest absolute Gasteiger partial charge is 0.357 e. The molecule has 0 aliphatic heterocycles. The van der Waals surface area contributed by atoms with Crippen molar-refractivity contribution in [3.63, 3.8) is 0 Å². The maximum Gasteiger partial charge on any atom is 0.357 e. The third kappa shape index (κ3) is 3.09. The molecule has 0 aromatic heterocycles. The van der Waals surface area contributed by atoms with Gasteiger partial charge in [-0.15, -0.1) is 0 Å². The molecule has 0 radical (unpaired) electrons. The van der Waals surface area contributed by atoms with Crippen molar-refractivity contribution in [3.05, 3.63) is 30.3 Å². The molecule has 0 saturated carbocycles. The van der Waals surface area contributed by atoms with Crippen molar-refractivity contribution in [2.45, 2.75) is 25.6 Å². The van der Waals surface area contributed by atoms with Gasteiger partial charge in [0.2, 0.25) is 0 Å². The second kappa shape index (κ2) is 6.19. The third-order valence-electron chi connectivity index (χ3n) is 3.43. The molecule has 17 heavy (non-hydrogen) atoms. The minimum absolute atomic E-state index is 0.305. The maximum absolute atomic E-state index is 5.66. The van der Waals surface area contributed by atoms with Crippen LogP contribution in [0.1, 0.15) is 13.3 Å². The highest BCUT2D eigenvalue weighted by Crippen LogP contribution is 2.23. The van der Waals surface area contributed by atoms with Gasteiger partial charge < -0.3 is 13.8 Å². The average Bonchev–Trinajstić information content (AvgIpc) is 2.40. The highest BCUT2D eigenvalue weighted by Gasteiger charge is 2.41. The number of benzene rings is 1. The van der Waals surface area contributed by atoms with Crippen molar-refractivity contribution in [2.75, 3.05) is 26.2 Å². The standard InChI is InChI=1S/C13H23NO2Si/c1-6-13(17(5,15-3)16-4)14(2)12-10-8-7-9-11-12/h7-11,13H,6H2,1-5H3. The summed E-state index contributed by atoms with van der Waals surface area (Å²) in [4.78, 5) is 2.26. The zero-order valence-corrected chi connectivity index (χ0v) is 12.4. The van der Waals surface area contributed by atoms with Gasteiger partial charge in [0.1, 0.15) is 0 Å². The number of hydrogen-bond acceptors (Lipinski definition) is 3. The molecule has 0 aliphatic rings. The lowest BCUT2D eigenvalue weighted by atomic mass is 10.3. The molecule has 0 N–H and O–H groups in total. The molecule has 0 aliphatic carbocycles. The normalized spacial score (nSPS) is 13.5. The molecule has 1 unspecified atom stereocenters. The van der Waals surface area contributed by atoms with Crippen LogP contribution >= 0.6 is 0 Å². The predicted molar refractivity (Wildman–Crippen MR) is 74.6 cm³/mol. The van der Waals surface area contributed by atoms with E-state index in [1.54, 1.807) is 14.2 Å². The van der Waals surface area contributed by atoms with Gasteiger partial charge in [0.15, 0.2) is 0 Å². The van der Waals surface area contributed by atoms with Crippen molar-refractivity contribution in [1.29, 1.82) is 0 Å². The summed E-state index contributed by atoms with van der Waals surface area (Å²) in [7, 11) is 3.45. The predicted octanol–water partition coefficient (Wildman–Crippen LogP) is 2.81. The average molecular weight is 253 g/mol. The minimum atomic E-state index is -2.15. The van der Waals surface area contributed by atoms with Crippen LogP contribution in [0.15, 0.2) is 30.3 Å². The summed E-state index contributed by atoms with van der Waals surface area (Å²) in [5.41, 5.74) is 1.51. The molecule has 0 saturated heterocycles. The molecule has 4 heteroatoms. The lowest BCUT2D eigenvalue weighted by Gasteiger charge is -2.38. The molecule has 1 aromatic carbocycles. The van der Waals surface area contributed by atoms with Crippen LogP contribution in [0.25, 0.3) is 0 Å². The third-order valence-corrected chi connectivity index (χ3v) is 7.06. The number of rotatable bonds is 6. The Labute approximate surface area is 106 Å². The van der Waals surface area contributed by atoms with Gasteiger partial charge in [0.25, 0.3) is 0 Å². The van der Waals surface area contributed by atoms with E-state index >= 15 is 0 Å². The Hall–Kier alpha value is -0.843. The summed E-state index contributed by atoms with van der Waals surface area (Å²) in [6.45, 7) is 4.29. The Morgan fingerprint density at radius 2 is 1.71 bits per heavy atom. The minimum Gasteiger partial charge on any atom is -0.397 e. The summed E-state index contributed by atoms with van der Waals surface area (Å²) in [5.74, 6) is 0. The first kappa shape index (κ1) is 14.2. The zero-order chi connectivity index (χ0) is 12.9. The van der Waals surface area contributed by atoms with Crippen LogP contribution in [0.4, 0.5) is 5.69 Å². The Morgan fingerprint density at radius 3 is 2.12 bits per heavy atom. The molecule has 0 fully saturated rings. The van der Waals surface area contributed by atoms with E-state index in [1.165, 1.54) is 5.69 Å². The molecule has 1 atom stereocenters. The number of anilines is 1. The first-order chi connectivity index (χ1) is 8.09. The first-order valence-corrected chi connectivity index (χ1v) is 8.36. The van der Waals surface area contributed by atoms with Crippen LogP contribution in [0.2, 0.25) is 6.55 Å². The fraction of sp³-hybridized carbons (Fsp3) is 0.538. The van der Waals surface area contributed by atoms with Gasteiger partial charge in [0.05, 0.1) is 5.67 Å². The highest BCUT2D eigenvalue weighted by molar-refractivity contribution is 6.68. The summed E-state index contributed by atoms with van der Waals surface area (Å²) >= 11 is 0. The Kier molecular flexibility index (Phi) is 5.18. The molecule has 1 rings (SSSR count). The monoisotopic (exact) mass is 253 g/mol. The summed E-state index contributed by atoms with van der Waals surface area (Å²) < 4.78 is 11.3. The van der Waals surface area contributed by atoms with E-state index < -0.39 is 8.56 Å². The summed E-state index contributed by atoms with van der Waals surface area (Å²) in [6.07, 6.45) is 1.01. The lowest BCUT2D eigenvalue weighted by molar-refractivity contribution is 0.235. The van der Waals surface area contributed by atoms with Gasteiger partial charge in [-0.05, 0) is 25.1 Å². The van der Waals surface area contributed by atoms with Gasteiger partial charge in [-0.1, -0.05) is 25.1 Å². The largest absolute Gasteiger partial charge is 0.397 e. The quantitative estimate of drug-likeness (QED) is 0.728. The second-order valence-electron chi connectivity index (χ2n) is 4.29. The topological polar surface area (TPSA) is 21.7 Å². The van der Waals surface area contributed by atoms with E-state index in [0.717, 1.165) is 6.42 Å². The van der Waals surface area contributed by atoms with Crippen molar-refractivity contribution in [3.8, 4) is 0 Å². The first-order valence-electron chi connectivity index (χ1n) is 5.97. The fourth-order valence-electron chi connectivity index (χ4n) is 2.19. The molecular formula is C13H23NO2Si. The molecule has 0 heterocycles. The molecule has 0 spiro atoms. The van der Waals surface area contributed by atoms with E-state index in [0.29, 0.717) is 5.67 Å². The van der Waals surface area contributed by atoms with Gasteiger partial charge in [-0.25, -0.2) is 0 Å².